The molecule has 0 aliphatic carbocycles. The summed E-state index contributed by atoms with van der Waals surface area (Å²) in [5.74, 6) is 0.785. The van der Waals surface area contributed by atoms with Gasteiger partial charge in [0, 0.05) is 15.6 Å². The average Bonchev–Trinajstić information content (AvgIpc) is 2.38. The van der Waals surface area contributed by atoms with Crippen LogP contribution in [0.1, 0.15) is 35.3 Å². The zero-order valence-electron chi connectivity index (χ0n) is 11.8. The molecule has 2 rings (SSSR count). The lowest BCUT2D eigenvalue weighted by atomic mass is 10.0. The number of carbonyl (C=O) groups is 1. The van der Waals surface area contributed by atoms with E-state index in [1.54, 1.807) is 12.1 Å². The van der Waals surface area contributed by atoms with Crippen molar-refractivity contribution in [2.45, 2.75) is 26.9 Å². The minimum Gasteiger partial charge on any atom is -0.491 e. The molecule has 0 saturated heterocycles. The van der Waals surface area contributed by atoms with Gasteiger partial charge >= 0.3 is 0 Å². The van der Waals surface area contributed by atoms with Gasteiger partial charge in [0.2, 0.25) is 0 Å². The van der Waals surface area contributed by atoms with Crippen molar-refractivity contribution in [3.63, 3.8) is 0 Å². The van der Waals surface area contributed by atoms with E-state index in [4.69, 9.17) is 4.74 Å². The van der Waals surface area contributed by atoms with E-state index in [1.807, 2.05) is 51.1 Å². The second-order valence-electron chi connectivity index (χ2n) is 5.00. The molecule has 0 aliphatic heterocycles. The lowest BCUT2D eigenvalue weighted by Gasteiger charge is -2.10. The van der Waals surface area contributed by atoms with Gasteiger partial charge in [0.15, 0.2) is 5.78 Å². The van der Waals surface area contributed by atoms with E-state index in [0.717, 1.165) is 15.8 Å². The summed E-state index contributed by atoms with van der Waals surface area (Å²) in [6, 6.07) is 13.0. The van der Waals surface area contributed by atoms with Crippen LogP contribution in [0.25, 0.3) is 0 Å². The highest BCUT2D eigenvalue weighted by Gasteiger charge is 2.12. The number of benzene rings is 2. The number of aryl methyl sites for hydroxylation is 1. The first-order chi connectivity index (χ1) is 9.47. The third-order valence-corrected chi connectivity index (χ3v) is 3.51. The lowest BCUT2D eigenvalue weighted by Crippen LogP contribution is -2.06. The monoisotopic (exact) mass is 332 g/mol. The Bertz CT molecular complexity index is 615. The van der Waals surface area contributed by atoms with Crippen LogP contribution in [0.2, 0.25) is 0 Å². The highest BCUT2D eigenvalue weighted by Crippen LogP contribution is 2.23. The van der Waals surface area contributed by atoms with E-state index in [-0.39, 0.29) is 11.9 Å². The predicted octanol–water partition coefficient (Wildman–Crippen LogP) is 4.78. The maximum atomic E-state index is 12.4. The van der Waals surface area contributed by atoms with Crippen LogP contribution in [0.15, 0.2) is 46.9 Å². The SMILES string of the molecule is Cc1ccc(C(=O)c2ccc(OC(C)C)cc2)c(Br)c1. The fourth-order valence-corrected chi connectivity index (χ4v) is 2.59. The van der Waals surface area contributed by atoms with Crippen molar-refractivity contribution in [2.24, 2.45) is 0 Å². The van der Waals surface area contributed by atoms with Crippen molar-refractivity contribution in [1.82, 2.24) is 0 Å². The minimum atomic E-state index is 0.00738. The van der Waals surface area contributed by atoms with Gasteiger partial charge in [-0.15, -0.1) is 0 Å². The normalized spacial score (nSPS) is 10.7. The zero-order chi connectivity index (χ0) is 14.7. The van der Waals surface area contributed by atoms with E-state index in [2.05, 4.69) is 15.9 Å². The van der Waals surface area contributed by atoms with Gasteiger partial charge in [0.05, 0.1) is 6.10 Å². The summed E-state index contributed by atoms with van der Waals surface area (Å²) in [5, 5.41) is 0. The smallest absolute Gasteiger partial charge is 0.194 e. The van der Waals surface area contributed by atoms with E-state index in [1.165, 1.54) is 0 Å². The molecule has 0 aliphatic rings. The number of hydrogen-bond donors (Lipinski definition) is 0. The number of ketones is 1. The number of ether oxygens (including phenoxy) is 1. The number of rotatable bonds is 4. The van der Waals surface area contributed by atoms with Gasteiger partial charge in [-0.1, -0.05) is 22.0 Å². The lowest BCUT2D eigenvalue weighted by molar-refractivity contribution is 0.103. The first kappa shape index (κ1) is 14.8. The summed E-state index contributed by atoms with van der Waals surface area (Å²) >= 11 is 3.45. The standard InChI is InChI=1S/C17H17BrO2/c1-11(2)20-14-7-5-13(6-8-14)17(19)15-9-4-12(3)10-16(15)18/h4-11H,1-3H3. The summed E-state index contributed by atoms with van der Waals surface area (Å²) in [4.78, 5) is 12.4. The minimum absolute atomic E-state index is 0.00738. The van der Waals surface area contributed by atoms with Gasteiger partial charge in [0.25, 0.3) is 0 Å². The molecular weight excluding hydrogens is 316 g/mol. The van der Waals surface area contributed by atoms with Crippen LogP contribution in [0.4, 0.5) is 0 Å². The second-order valence-corrected chi connectivity index (χ2v) is 5.86. The van der Waals surface area contributed by atoms with Gasteiger partial charge in [-0.05, 0) is 62.7 Å². The van der Waals surface area contributed by atoms with Gasteiger partial charge in [-0.3, -0.25) is 4.79 Å². The first-order valence-corrected chi connectivity index (χ1v) is 7.34. The van der Waals surface area contributed by atoms with Gasteiger partial charge < -0.3 is 4.74 Å². The molecule has 3 heteroatoms. The summed E-state index contributed by atoms with van der Waals surface area (Å²) in [7, 11) is 0. The number of carbonyl (C=O) groups excluding carboxylic acids is 1. The summed E-state index contributed by atoms with van der Waals surface area (Å²) in [6.45, 7) is 5.95. The number of halogens is 1. The van der Waals surface area contributed by atoms with Crippen LogP contribution < -0.4 is 4.74 Å². The predicted molar refractivity (Wildman–Crippen MR) is 84.5 cm³/mol. The molecule has 0 bridgehead atoms. The molecule has 0 heterocycles. The Morgan fingerprint density at radius 1 is 1.10 bits per heavy atom. The van der Waals surface area contributed by atoms with E-state index < -0.39 is 0 Å². The van der Waals surface area contributed by atoms with Crippen molar-refractivity contribution < 1.29 is 9.53 Å². The molecule has 0 radical (unpaired) electrons. The van der Waals surface area contributed by atoms with E-state index in [0.29, 0.717) is 11.1 Å². The van der Waals surface area contributed by atoms with Crippen LogP contribution in [0.3, 0.4) is 0 Å². The second kappa shape index (κ2) is 6.23. The summed E-state index contributed by atoms with van der Waals surface area (Å²) in [5.41, 5.74) is 2.45. The molecule has 20 heavy (non-hydrogen) atoms. The van der Waals surface area contributed by atoms with Gasteiger partial charge in [0.1, 0.15) is 5.75 Å². The molecular formula is C17H17BrO2. The Balaban J connectivity index is 2.25. The van der Waals surface area contributed by atoms with Gasteiger partial charge in [-0.2, -0.15) is 0 Å². The molecule has 0 spiro atoms. The highest BCUT2D eigenvalue weighted by atomic mass is 79.9. The third kappa shape index (κ3) is 3.48. The maximum absolute atomic E-state index is 12.4. The van der Waals surface area contributed by atoms with Crippen molar-refractivity contribution >= 4 is 21.7 Å². The fourth-order valence-electron chi connectivity index (χ4n) is 1.92. The highest BCUT2D eigenvalue weighted by molar-refractivity contribution is 9.10. The van der Waals surface area contributed by atoms with E-state index >= 15 is 0 Å². The molecule has 0 aromatic heterocycles. The largest absolute Gasteiger partial charge is 0.491 e. The molecule has 0 amide bonds. The van der Waals surface area contributed by atoms with Gasteiger partial charge in [-0.25, -0.2) is 0 Å². The van der Waals surface area contributed by atoms with Crippen molar-refractivity contribution in [2.75, 3.05) is 0 Å². The van der Waals surface area contributed by atoms with Crippen LogP contribution in [-0.2, 0) is 0 Å². The molecule has 0 atom stereocenters. The molecule has 0 saturated carbocycles. The van der Waals surface area contributed by atoms with Crippen molar-refractivity contribution in [3.8, 4) is 5.75 Å². The molecule has 104 valence electrons. The quantitative estimate of drug-likeness (QED) is 0.753. The number of hydrogen-bond acceptors (Lipinski definition) is 2. The van der Waals surface area contributed by atoms with Crippen molar-refractivity contribution in [3.05, 3.63) is 63.6 Å². The molecule has 0 unspecified atom stereocenters. The average molecular weight is 333 g/mol. The topological polar surface area (TPSA) is 26.3 Å². The molecule has 2 aromatic rings. The first-order valence-electron chi connectivity index (χ1n) is 6.55. The van der Waals surface area contributed by atoms with E-state index in [9.17, 15) is 4.79 Å². The summed E-state index contributed by atoms with van der Waals surface area (Å²) in [6.07, 6.45) is 0.128. The Hall–Kier alpha value is -1.61. The molecule has 2 aromatic carbocycles. The maximum Gasteiger partial charge on any atom is 0.194 e. The summed E-state index contributed by atoms with van der Waals surface area (Å²) < 4.78 is 6.40. The fraction of sp³-hybridized carbons (Fsp3) is 0.235. The van der Waals surface area contributed by atoms with Crippen LogP contribution in [-0.4, -0.2) is 11.9 Å². The van der Waals surface area contributed by atoms with Crippen LogP contribution >= 0.6 is 15.9 Å². The Morgan fingerprint density at radius 2 is 1.75 bits per heavy atom. The Labute approximate surface area is 127 Å². The third-order valence-electron chi connectivity index (χ3n) is 2.86. The molecule has 0 N–H and O–H groups in total. The van der Waals surface area contributed by atoms with Crippen molar-refractivity contribution in [1.29, 1.82) is 0 Å². The Kier molecular flexibility index (Phi) is 4.61. The molecule has 2 nitrogen and oxygen atoms in total. The van der Waals surface area contributed by atoms with Crippen LogP contribution in [0.5, 0.6) is 5.75 Å². The zero-order valence-corrected chi connectivity index (χ0v) is 13.4. The van der Waals surface area contributed by atoms with Crippen LogP contribution in [0, 0.1) is 6.92 Å². The Morgan fingerprint density at radius 3 is 2.30 bits per heavy atom. The molecule has 0 fully saturated rings.